The summed E-state index contributed by atoms with van der Waals surface area (Å²) in [6.45, 7) is -3.06. The maximum atomic E-state index is 11.4. The third-order valence-corrected chi connectivity index (χ3v) is 3.09. The quantitative estimate of drug-likeness (QED) is 0.157. The molecule has 24 heavy (non-hydrogen) atoms. The van der Waals surface area contributed by atoms with Crippen molar-refractivity contribution in [3.8, 4) is 0 Å². The second-order valence-corrected chi connectivity index (χ2v) is 4.94. The van der Waals surface area contributed by atoms with Crippen LogP contribution < -0.4 is 0 Å². The van der Waals surface area contributed by atoms with Gasteiger partial charge < -0.3 is 50.7 Å². The molecule has 0 aliphatic rings. The summed E-state index contributed by atoms with van der Waals surface area (Å²) in [6, 6.07) is 0. The van der Waals surface area contributed by atoms with E-state index < -0.39 is 74.3 Å². The highest BCUT2D eigenvalue weighted by Crippen LogP contribution is 2.07. The van der Waals surface area contributed by atoms with Gasteiger partial charge in [-0.25, -0.2) is 4.79 Å². The van der Waals surface area contributed by atoms with Crippen LogP contribution in [0, 0.1) is 0 Å². The van der Waals surface area contributed by atoms with Crippen molar-refractivity contribution in [3.05, 3.63) is 0 Å². The zero-order chi connectivity index (χ0) is 19.0. The van der Waals surface area contributed by atoms with Crippen LogP contribution in [0.3, 0.4) is 0 Å². The van der Waals surface area contributed by atoms with Gasteiger partial charge in [0.2, 0.25) is 5.78 Å². The average Bonchev–Trinajstić information content (AvgIpc) is 2.60. The standard InChI is InChI=1S/C12H22O12/c13-1-4(15)7(18)9(20)6(17)3-24-12(23)11(22)10(21)8(19)5(16)2-14/h4-5,7-11,13-16,18-22H,1-3H2/t4-,5-,7+,8-,9+,10+,11-/m1/s1. The van der Waals surface area contributed by atoms with Crippen LogP contribution in [0.25, 0.3) is 0 Å². The highest BCUT2D eigenvalue weighted by atomic mass is 16.6. The Morgan fingerprint density at radius 2 is 1.17 bits per heavy atom. The minimum atomic E-state index is -2.38. The summed E-state index contributed by atoms with van der Waals surface area (Å²) in [5.41, 5.74) is 0. The van der Waals surface area contributed by atoms with Gasteiger partial charge in [-0.2, -0.15) is 0 Å². The van der Waals surface area contributed by atoms with Crippen LogP contribution >= 0.6 is 0 Å². The molecule has 0 radical (unpaired) electrons. The first kappa shape index (κ1) is 22.8. The molecule has 0 aliphatic heterocycles. The fraction of sp³-hybridized carbons (Fsp3) is 0.833. The predicted octanol–water partition coefficient (Wildman–Crippen LogP) is -6.39. The summed E-state index contributed by atoms with van der Waals surface area (Å²) in [5.74, 6) is -2.87. The molecule has 0 bridgehead atoms. The molecule has 0 rings (SSSR count). The van der Waals surface area contributed by atoms with Crippen LogP contribution in [0.4, 0.5) is 0 Å². The number of ether oxygens (including phenoxy) is 1. The summed E-state index contributed by atoms with van der Waals surface area (Å²) in [7, 11) is 0. The van der Waals surface area contributed by atoms with Gasteiger partial charge >= 0.3 is 5.97 Å². The maximum absolute atomic E-state index is 11.4. The Hall–Kier alpha value is -1.22. The molecule has 0 aromatic carbocycles. The molecule has 0 spiro atoms. The smallest absolute Gasteiger partial charge is 0.338 e. The van der Waals surface area contributed by atoms with Gasteiger partial charge in [0.15, 0.2) is 12.7 Å². The first-order valence-electron chi connectivity index (χ1n) is 6.75. The topological polar surface area (TPSA) is 225 Å². The average molecular weight is 358 g/mol. The summed E-state index contributed by atoms with van der Waals surface area (Å²) in [6.07, 6.45) is -14.6. The van der Waals surface area contributed by atoms with Gasteiger partial charge in [0, 0.05) is 0 Å². The minimum Gasteiger partial charge on any atom is -0.456 e. The lowest BCUT2D eigenvalue weighted by Crippen LogP contribution is -2.50. The van der Waals surface area contributed by atoms with E-state index in [4.69, 9.17) is 20.4 Å². The number of carbonyl (C=O) groups is 2. The molecule has 0 aromatic heterocycles. The van der Waals surface area contributed by atoms with Crippen molar-refractivity contribution >= 4 is 11.8 Å². The number of ketones is 1. The molecule has 0 amide bonds. The third kappa shape index (κ3) is 6.35. The van der Waals surface area contributed by atoms with E-state index >= 15 is 0 Å². The summed E-state index contributed by atoms with van der Waals surface area (Å²) in [5, 5.41) is 82.1. The van der Waals surface area contributed by atoms with Gasteiger partial charge in [-0.05, 0) is 0 Å². The molecule has 0 unspecified atom stereocenters. The van der Waals surface area contributed by atoms with Crippen molar-refractivity contribution in [1.82, 2.24) is 0 Å². The highest BCUT2D eigenvalue weighted by Gasteiger charge is 2.36. The second kappa shape index (κ2) is 10.6. The van der Waals surface area contributed by atoms with Crippen molar-refractivity contribution in [2.45, 2.75) is 42.7 Å². The molecule has 12 nitrogen and oxygen atoms in total. The molecular weight excluding hydrogens is 336 g/mol. The van der Waals surface area contributed by atoms with E-state index in [1.54, 1.807) is 0 Å². The second-order valence-electron chi connectivity index (χ2n) is 4.94. The van der Waals surface area contributed by atoms with E-state index in [0.29, 0.717) is 0 Å². The largest absolute Gasteiger partial charge is 0.456 e. The Bertz CT molecular complexity index is 401. The Balaban J connectivity index is 4.54. The Morgan fingerprint density at radius 3 is 1.62 bits per heavy atom. The first-order chi connectivity index (χ1) is 11.1. The molecule has 0 saturated heterocycles. The van der Waals surface area contributed by atoms with Crippen molar-refractivity contribution in [1.29, 1.82) is 0 Å². The molecule has 0 saturated carbocycles. The van der Waals surface area contributed by atoms with Crippen molar-refractivity contribution in [2.24, 2.45) is 0 Å². The molecule has 0 aliphatic carbocycles. The van der Waals surface area contributed by atoms with E-state index in [9.17, 15) is 35.1 Å². The number of carbonyl (C=O) groups excluding carboxylic acids is 2. The Morgan fingerprint density at radius 1 is 0.708 bits per heavy atom. The van der Waals surface area contributed by atoms with Crippen molar-refractivity contribution in [2.75, 3.05) is 19.8 Å². The summed E-state index contributed by atoms with van der Waals surface area (Å²) in [4.78, 5) is 22.9. The van der Waals surface area contributed by atoms with Crippen LogP contribution in [0.2, 0.25) is 0 Å². The number of hydrogen-bond donors (Lipinski definition) is 9. The molecule has 142 valence electrons. The first-order valence-corrected chi connectivity index (χ1v) is 6.75. The lowest BCUT2D eigenvalue weighted by molar-refractivity contribution is -0.173. The van der Waals surface area contributed by atoms with E-state index in [1.807, 2.05) is 0 Å². The Kier molecular flexibility index (Phi) is 10.1. The minimum absolute atomic E-state index is 0.943. The normalized spacial score (nSPS) is 20.4. The number of aliphatic hydroxyl groups is 9. The molecular formula is C12H22O12. The molecule has 7 atom stereocenters. The van der Waals surface area contributed by atoms with Crippen molar-refractivity contribution < 1.29 is 60.3 Å². The van der Waals surface area contributed by atoms with Crippen LogP contribution in [-0.2, 0) is 14.3 Å². The van der Waals surface area contributed by atoms with Crippen LogP contribution in [0.5, 0.6) is 0 Å². The van der Waals surface area contributed by atoms with Gasteiger partial charge in [0.25, 0.3) is 0 Å². The number of rotatable bonds is 11. The summed E-state index contributed by atoms with van der Waals surface area (Å²) < 4.78 is 4.27. The highest BCUT2D eigenvalue weighted by molar-refractivity contribution is 5.87. The molecule has 0 heterocycles. The van der Waals surface area contributed by atoms with Crippen LogP contribution in [0.1, 0.15) is 0 Å². The monoisotopic (exact) mass is 358 g/mol. The molecule has 12 heteroatoms. The van der Waals surface area contributed by atoms with Crippen molar-refractivity contribution in [3.63, 3.8) is 0 Å². The zero-order valence-corrected chi connectivity index (χ0v) is 12.4. The number of hydrogen-bond acceptors (Lipinski definition) is 12. The number of Topliss-reactive ketones (excluding diaryl/α,β-unsaturated/α-hetero) is 1. The van der Waals surface area contributed by atoms with Gasteiger partial charge in [-0.1, -0.05) is 0 Å². The SMILES string of the molecule is O=C(OCC(=O)[C@H](O)[C@@H](O)[C@H](O)CO)[C@H](O)[C@@H](O)[C@H](O)[C@H](O)CO. The fourth-order valence-corrected chi connectivity index (χ4v) is 1.48. The summed E-state index contributed by atoms with van der Waals surface area (Å²) >= 11 is 0. The van der Waals surface area contributed by atoms with Gasteiger partial charge in [-0.3, -0.25) is 4.79 Å². The van der Waals surface area contributed by atoms with Crippen LogP contribution in [-0.4, -0.2) is 120 Å². The Labute approximate surface area is 135 Å². The van der Waals surface area contributed by atoms with E-state index in [0.717, 1.165) is 0 Å². The fourth-order valence-electron chi connectivity index (χ4n) is 1.48. The van der Waals surface area contributed by atoms with Gasteiger partial charge in [0.1, 0.15) is 36.6 Å². The maximum Gasteiger partial charge on any atom is 0.338 e. The van der Waals surface area contributed by atoms with Crippen LogP contribution in [0.15, 0.2) is 0 Å². The molecule has 0 fully saturated rings. The van der Waals surface area contributed by atoms with E-state index in [2.05, 4.69) is 4.74 Å². The number of esters is 1. The molecule has 9 N–H and O–H groups in total. The lowest BCUT2D eigenvalue weighted by atomic mass is 10.0. The molecule has 0 aromatic rings. The zero-order valence-electron chi connectivity index (χ0n) is 12.4. The van der Waals surface area contributed by atoms with E-state index in [1.165, 1.54) is 0 Å². The third-order valence-electron chi connectivity index (χ3n) is 3.09. The predicted molar refractivity (Wildman–Crippen MR) is 72.2 cm³/mol. The lowest BCUT2D eigenvalue weighted by Gasteiger charge is -2.24. The van der Waals surface area contributed by atoms with E-state index in [-0.39, 0.29) is 0 Å². The van der Waals surface area contributed by atoms with Gasteiger partial charge in [0.05, 0.1) is 13.2 Å². The number of aliphatic hydroxyl groups excluding tert-OH is 9. The van der Waals surface area contributed by atoms with Gasteiger partial charge in [-0.15, -0.1) is 0 Å².